The molecule has 0 spiro atoms. The summed E-state index contributed by atoms with van der Waals surface area (Å²) in [6.45, 7) is 0. The zero-order chi connectivity index (χ0) is 29.1. The molecule has 0 bridgehead atoms. The van der Waals surface area contributed by atoms with E-state index in [4.69, 9.17) is 0 Å². The topological polar surface area (TPSA) is 0 Å². The second-order valence-electron chi connectivity index (χ2n) is 11.8. The normalized spacial score (nSPS) is 12.3. The summed E-state index contributed by atoms with van der Waals surface area (Å²) in [6.07, 6.45) is 0. The molecule has 0 nitrogen and oxygen atoms in total. The molecule has 204 valence electrons. The number of halogens is 2. The first-order chi connectivity index (χ1) is 21.7. The first-order valence-corrected chi connectivity index (χ1v) is 14.9. The van der Waals surface area contributed by atoms with E-state index in [2.05, 4.69) is 48.5 Å². The highest BCUT2D eigenvalue weighted by atomic mass is 19.1. The summed E-state index contributed by atoms with van der Waals surface area (Å²) in [5.41, 5.74) is 2.13. The van der Waals surface area contributed by atoms with Gasteiger partial charge in [0.15, 0.2) is 0 Å². The van der Waals surface area contributed by atoms with Crippen LogP contribution in [-0.2, 0) is 0 Å². The second-order valence-corrected chi connectivity index (χ2v) is 11.8. The average Bonchev–Trinajstić information content (AvgIpc) is 3.08. The number of fused-ring (bicyclic) bond motifs is 8. The Morgan fingerprint density at radius 3 is 1.05 bits per heavy atom. The van der Waals surface area contributed by atoms with E-state index >= 15 is 8.78 Å². The van der Waals surface area contributed by atoms with E-state index in [1.54, 1.807) is 0 Å². The van der Waals surface area contributed by atoms with Gasteiger partial charge >= 0.3 is 0 Å². The lowest BCUT2D eigenvalue weighted by atomic mass is 9.80. The molecule has 10 rings (SSSR count). The van der Waals surface area contributed by atoms with Crippen molar-refractivity contribution in [2.24, 2.45) is 0 Å². The fourth-order valence-corrected chi connectivity index (χ4v) is 7.99. The largest absolute Gasteiger partial charge is 0.206 e. The monoisotopic (exact) mass is 564 g/mol. The molecule has 0 saturated carbocycles. The van der Waals surface area contributed by atoms with Crippen LogP contribution >= 0.6 is 0 Å². The fourth-order valence-electron chi connectivity index (χ4n) is 7.99. The molecule has 0 unspecified atom stereocenters. The minimum atomic E-state index is -0.193. The number of hydrogen-bond acceptors (Lipinski definition) is 0. The number of hydrogen-bond donors (Lipinski definition) is 0. The van der Waals surface area contributed by atoms with Crippen LogP contribution in [0, 0.1) is 11.6 Å². The second kappa shape index (κ2) is 8.49. The summed E-state index contributed by atoms with van der Waals surface area (Å²) in [5.74, 6) is -0.372. The number of benzene rings is 10. The predicted octanol–water partition coefficient (Wildman–Crippen LogP) is 12.3. The molecular formula is C42H22F2. The summed E-state index contributed by atoms with van der Waals surface area (Å²) in [7, 11) is 0. The highest BCUT2D eigenvalue weighted by Crippen LogP contribution is 2.52. The van der Waals surface area contributed by atoms with Gasteiger partial charge in [-0.05, 0) is 70.4 Å². The maximum absolute atomic E-state index is 16.2. The van der Waals surface area contributed by atoms with Crippen LogP contribution in [0.3, 0.4) is 0 Å². The third-order valence-corrected chi connectivity index (χ3v) is 9.69. The van der Waals surface area contributed by atoms with E-state index < -0.39 is 0 Å². The van der Waals surface area contributed by atoms with Crippen LogP contribution in [0.4, 0.5) is 8.78 Å². The summed E-state index contributed by atoms with van der Waals surface area (Å²) in [5, 5.41) is 14.9. The molecule has 10 aromatic rings. The van der Waals surface area contributed by atoms with E-state index in [0.717, 1.165) is 75.8 Å². The Hall–Kier alpha value is -5.60. The lowest BCUT2D eigenvalue weighted by molar-refractivity contribution is 0.651. The van der Waals surface area contributed by atoms with Gasteiger partial charge in [0.1, 0.15) is 11.6 Å². The molecule has 44 heavy (non-hydrogen) atoms. The van der Waals surface area contributed by atoms with Crippen LogP contribution in [0.25, 0.3) is 97.3 Å². The van der Waals surface area contributed by atoms with Gasteiger partial charge in [0.2, 0.25) is 0 Å². The molecule has 0 radical (unpaired) electrons. The van der Waals surface area contributed by atoms with Crippen molar-refractivity contribution in [3.05, 3.63) is 145 Å². The first-order valence-electron chi connectivity index (χ1n) is 14.9. The van der Waals surface area contributed by atoms with Crippen molar-refractivity contribution in [2.75, 3.05) is 0 Å². The van der Waals surface area contributed by atoms with Gasteiger partial charge < -0.3 is 0 Å². The Morgan fingerprint density at radius 2 is 0.500 bits per heavy atom. The molecule has 0 amide bonds. The van der Waals surface area contributed by atoms with E-state index in [-0.39, 0.29) is 11.6 Å². The molecule has 10 aromatic carbocycles. The lowest BCUT2D eigenvalue weighted by Gasteiger charge is -2.22. The Morgan fingerprint density at radius 1 is 0.227 bits per heavy atom. The lowest BCUT2D eigenvalue weighted by Crippen LogP contribution is -1.96. The van der Waals surface area contributed by atoms with Crippen LogP contribution in [-0.4, -0.2) is 0 Å². The summed E-state index contributed by atoms with van der Waals surface area (Å²) in [4.78, 5) is 0. The molecule has 0 fully saturated rings. The maximum atomic E-state index is 16.2. The zero-order valence-electron chi connectivity index (χ0n) is 23.5. The van der Waals surface area contributed by atoms with Gasteiger partial charge in [-0.2, -0.15) is 0 Å². The van der Waals surface area contributed by atoms with Crippen molar-refractivity contribution in [3.8, 4) is 11.1 Å². The van der Waals surface area contributed by atoms with Crippen molar-refractivity contribution in [1.82, 2.24) is 0 Å². The van der Waals surface area contributed by atoms with E-state index in [1.165, 1.54) is 0 Å². The summed E-state index contributed by atoms with van der Waals surface area (Å²) < 4.78 is 32.2. The van der Waals surface area contributed by atoms with Gasteiger partial charge in [0.05, 0.1) is 0 Å². The molecule has 0 aliphatic carbocycles. The molecule has 0 heterocycles. The molecule has 2 heteroatoms. The Balaban J connectivity index is 1.58. The summed E-state index contributed by atoms with van der Waals surface area (Å²) >= 11 is 0. The SMILES string of the molecule is Fc1c2ccccc2c(-c2c3ccccc3c3c4c2cccc4c2cccc4c(F)c5ccccc5c3c42)c2ccccc12. The van der Waals surface area contributed by atoms with Gasteiger partial charge in [0, 0.05) is 26.9 Å². The molecular weight excluding hydrogens is 542 g/mol. The van der Waals surface area contributed by atoms with Crippen LogP contribution in [0.15, 0.2) is 133 Å². The maximum Gasteiger partial charge on any atom is 0.138 e. The van der Waals surface area contributed by atoms with Crippen molar-refractivity contribution in [2.45, 2.75) is 0 Å². The molecule has 0 aliphatic heterocycles. The quantitative estimate of drug-likeness (QED) is 0.137. The van der Waals surface area contributed by atoms with Crippen LogP contribution in [0.2, 0.25) is 0 Å². The predicted molar refractivity (Wildman–Crippen MR) is 183 cm³/mol. The highest BCUT2D eigenvalue weighted by molar-refractivity contribution is 6.44. The van der Waals surface area contributed by atoms with Crippen LogP contribution in [0.1, 0.15) is 0 Å². The zero-order valence-corrected chi connectivity index (χ0v) is 23.5. The fraction of sp³-hybridized carbons (Fsp3) is 0. The number of rotatable bonds is 1. The third kappa shape index (κ3) is 2.86. The molecule has 0 N–H and O–H groups in total. The Labute approximate surface area is 250 Å². The minimum absolute atomic E-state index is 0.179. The summed E-state index contributed by atoms with van der Waals surface area (Å²) in [6, 6.07) is 44.5. The average molecular weight is 565 g/mol. The van der Waals surface area contributed by atoms with Crippen molar-refractivity contribution >= 4 is 86.2 Å². The van der Waals surface area contributed by atoms with Crippen molar-refractivity contribution in [1.29, 1.82) is 0 Å². The standard InChI is InChI=1S/C42H22F2/c43-41-30-16-6-3-13-27(30)35(28-14-4-7-17-31(28)41)36-23-11-1-2-12-26(23)39-37-24(19-9-21-33(36)37)25-20-10-22-34-38(25)40(39)29-15-5-8-18-32(29)42(34)44/h1-22H. The van der Waals surface area contributed by atoms with E-state index in [0.29, 0.717) is 21.5 Å². The van der Waals surface area contributed by atoms with Gasteiger partial charge in [-0.3, -0.25) is 0 Å². The van der Waals surface area contributed by atoms with Gasteiger partial charge in [-0.15, -0.1) is 0 Å². The van der Waals surface area contributed by atoms with Gasteiger partial charge in [0.25, 0.3) is 0 Å². The Kier molecular flexibility index (Phi) is 4.61. The minimum Gasteiger partial charge on any atom is -0.206 e. The van der Waals surface area contributed by atoms with Crippen LogP contribution < -0.4 is 0 Å². The van der Waals surface area contributed by atoms with Gasteiger partial charge in [-0.1, -0.05) is 133 Å². The molecule has 0 aliphatic rings. The van der Waals surface area contributed by atoms with E-state index in [1.807, 2.05) is 84.9 Å². The molecule has 0 aromatic heterocycles. The molecule has 0 saturated heterocycles. The van der Waals surface area contributed by atoms with Crippen molar-refractivity contribution < 1.29 is 8.78 Å². The first kappa shape index (κ1) is 23.9. The van der Waals surface area contributed by atoms with E-state index in [9.17, 15) is 0 Å². The third-order valence-electron chi connectivity index (χ3n) is 9.69. The van der Waals surface area contributed by atoms with Gasteiger partial charge in [-0.25, -0.2) is 8.78 Å². The smallest absolute Gasteiger partial charge is 0.138 e. The molecule has 0 atom stereocenters. The Bertz CT molecular complexity index is 2790. The van der Waals surface area contributed by atoms with Crippen molar-refractivity contribution in [3.63, 3.8) is 0 Å². The highest BCUT2D eigenvalue weighted by Gasteiger charge is 2.25. The van der Waals surface area contributed by atoms with Crippen LogP contribution in [0.5, 0.6) is 0 Å².